The van der Waals surface area contributed by atoms with Crippen LogP contribution in [0.1, 0.15) is 42.9 Å². The van der Waals surface area contributed by atoms with Crippen molar-refractivity contribution in [3.8, 4) is 0 Å². The summed E-state index contributed by atoms with van der Waals surface area (Å²) in [6.45, 7) is 1.54. The molecule has 0 aliphatic rings. The van der Waals surface area contributed by atoms with E-state index in [9.17, 15) is 18.8 Å². The number of halogens is 1. The van der Waals surface area contributed by atoms with Crippen molar-refractivity contribution in [2.75, 3.05) is 6.61 Å². The number of thiophene rings is 1. The molecule has 0 radical (unpaired) electrons. The van der Waals surface area contributed by atoms with Gasteiger partial charge < -0.3 is 15.2 Å². The van der Waals surface area contributed by atoms with Crippen LogP contribution in [0, 0.1) is 5.82 Å². The van der Waals surface area contributed by atoms with Crippen LogP contribution >= 0.6 is 11.3 Å². The Morgan fingerprint density at radius 3 is 2.32 bits per heavy atom. The minimum atomic E-state index is -0.679. The van der Waals surface area contributed by atoms with Crippen molar-refractivity contribution < 1.29 is 28.2 Å². The van der Waals surface area contributed by atoms with Gasteiger partial charge in [0, 0.05) is 21.2 Å². The Bertz CT molecular complexity index is 1060. The van der Waals surface area contributed by atoms with Crippen LogP contribution in [0.3, 0.4) is 0 Å². The average Bonchev–Trinajstić information content (AvgIpc) is 3.06. The zero-order valence-corrected chi connectivity index (χ0v) is 15.7. The fourth-order valence-electron chi connectivity index (χ4n) is 2.66. The Labute approximate surface area is 163 Å². The Balaban J connectivity index is 1.88. The van der Waals surface area contributed by atoms with Crippen molar-refractivity contribution in [1.29, 1.82) is 0 Å². The Morgan fingerprint density at radius 1 is 1.00 bits per heavy atom. The third-order valence-corrected chi connectivity index (χ3v) is 5.15. The number of carbonyl (C=O) groups is 3. The van der Waals surface area contributed by atoms with Gasteiger partial charge in [-0.3, -0.25) is 4.79 Å². The highest BCUT2D eigenvalue weighted by Gasteiger charge is 2.23. The molecular weight excluding hydrogens is 385 g/mol. The molecule has 0 aliphatic carbocycles. The molecule has 3 aromatic rings. The molecule has 0 saturated carbocycles. The maximum absolute atomic E-state index is 14.3. The zero-order valence-electron chi connectivity index (χ0n) is 14.9. The number of hydrogen-bond acceptors (Lipinski definition) is 6. The molecule has 144 valence electrons. The third-order valence-electron chi connectivity index (χ3n) is 3.98. The number of fused-ring (bicyclic) bond motifs is 1. The van der Waals surface area contributed by atoms with Gasteiger partial charge >= 0.3 is 11.9 Å². The normalized spacial score (nSPS) is 10.6. The van der Waals surface area contributed by atoms with E-state index in [-0.39, 0.29) is 40.2 Å². The molecule has 0 fully saturated rings. The van der Waals surface area contributed by atoms with Crippen LogP contribution in [0.4, 0.5) is 4.39 Å². The number of amides is 1. The molecule has 1 aromatic heterocycles. The molecule has 0 saturated heterocycles. The quantitative estimate of drug-likeness (QED) is 0.636. The summed E-state index contributed by atoms with van der Waals surface area (Å²) in [6.07, 6.45) is 0. The summed E-state index contributed by atoms with van der Waals surface area (Å²) in [7, 11) is 0. The highest BCUT2D eigenvalue weighted by molar-refractivity contribution is 7.21. The number of nitrogens with two attached hydrogens (primary N) is 1. The van der Waals surface area contributed by atoms with Crippen molar-refractivity contribution in [1.82, 2.24) is 0 Å². The average molecular weight is 401 g/mol. The Kier molecular flexibility index (Phi) is 5.70. The van der Waals surface area contributed by atoms with Gasteiger partial charge in [0.15, 0.2) is 0 Å². The second-order valence-electron chi connectivity index (χ2n) is 5.76. The molecule has 0 bridgehead atoms. The largest absolute Gasteiger partial charge is 0.462 e. The minimum Gasteiger partial charge on any atom is -0.462 e. The van der Waals surface area contributed by atoms with Gasteiger partial charge in [-0.05, 0) is 43.3 Å². The standard InChI is InChI=1S/C20H16FNO5S/c1-2-26-20(25)17-13(16-14(21)4-3-5-15(16)28-17)10-27-19(24)12-8-6-11(7-9-12)18(22)23/h3-9H,2,10H2,1H3,(H2,22,23). The van der Waals surface area contributed by atoms with Gasteiger partial charge in [0.1, 0.15) is 17.3 Å². The molecule has 0 atom stereocenters. The first-order valence-electron chi connectivity index (χ1n) is 8.36. The lowest BCUT2D eigenvalue weighted by atomic mass is 10.1. The topological polar surface area (TPSA) is 95.7 Å². The maximum atomic E-state index is 14.3. The van der Waals surface area contributed by atoms with Gasteiger partial charge in [-0.1, -0.05) is 6.07 Å². The van der Waals surface area contributed by atoms with E-state index in [0.717, 1.165) is 11.3 Å². The lowest BCUT2D eigenvalue weighted by molar-refractivity contribution is 0.0454. The van der Waals surface area contributed by atoms with Crippen LogP contribution in [-0.2, 0) is 16.1 Å². The van der Waals surface area contributed by atoms with E-state index in [0.29, 0.717) is 4.70 Å². The predicted molar refractivity (Wildman–Crippen MR) is 102 cm³/mol. The Morgan fingerprint density at radius 2 is 1.68 bits per heavy atom. The molecular formula is C20H16FNO5S. The van der Waals surface area contributed by atoms with Gasteiger partial charge in [-0.2, -0.15) is 0 Å². The van der Waals surface area contributed by atoms with E-state index in [4.69, 9.17) is 15.2 Å². The van der Waals surface area contributed by atoms with Crippen LogP contribution in [0.5, 0.6) is 0 Å². The van der Waals surface area contributed by atoms with E-state index < -0.39 is 23.7 Å². The van der Waals surface area contributed by atoms with Crippen LogP contribution in [0.15, 0.2) is 42.5 Å². The molecule has 3 rings (SSSR count). The van der Waals surface area contributed by atoms with E-state index in [1.165, 1.54) is 30.3 Å². The molecule has 2 N–H and O–H groups in total. The summed E-state index contributed by atoms with van der Waals surface area (Å²) in [5.74, 6) is -2.40. The van der Waals surface area contributed by atoms with E-state index >= 15 is 0 Å². The molecule has 6 nitrogen and oxygen atoms in total. The number of rotatable bonds is 6. The molecule has 0 aliphatic heterocycles. The van der Waals surface area contributed by atoms with Gasteiger partial charge in [0.25, 0.3) is 0 Å². The summed E-state index contributed by atoms with van der Waals surface area (Å²) in [4.78, 5) is 35.8. The second-order valence-corrected chi connectivity index (χ2v) is 6.81. The van der Waals surface area contributed by atoms with Gasteiger partial charge in [-0.15, -0.1) is 11.3 Å². The van der Waals surface area contributed by atoms with E-state index in [2.05, 4.69) is 0 Å². The van der Waals surface area contributed by atoms with Crippen molar-refractivity contribution in [2.45, 2.75) is 13.5 Å². The summed E-state index contributed by atoms with van der Waals surface area (Å²) in [6, 6.07) is 10.1. The molecule has 8 heteroatoms. The van der Waals surface area contributed by atoms with Crippen LogP contribution in [-0.4, -0.2) is 24.5 Å². The number of esters is 2. The van der Waals surface area contributed by atoms with Crippen LogP contribution in [0.2, 0.25) is 0 Å². The van der Waals surface area contributed by atoms with Crippen molar-refractivity contribution in [3.05, 3.63) is 69.8 Å². The molecule has 1 heterocycles. The monoisotopic (exact) mass is 401 g/mol. The van der Waals surface area contributed by atoms with Crippen molar-refractivity contribution in [3.63, 3.8) is 0 Å². The van der Waals surface area contributed by atoms with Gasteiger partial charge in [0.2, 0.25) is 5.91 Å². The maximum Gasteiger partial charge on any atom is 0.348 e. The number of carbonyl (C=O) groups excluding carboxylic acids is 3. The third kappa shape index (κ3) is 3.86. The molecule has 0 unspecified atom stereocenters. The van der Waals surface area contributed by atoms with Crippen molar-refractivity contribution >= 4 is 39.3 Å². The zero-order chi connectivity index (χ0) is 20.3. The van der Waals surface area contributed by atoms with Gasteiger partial charge in [0.05, 0.1) is 12.2 Å². The number of primary amides is 1. The second kappa shape index (κ2) is 8.18. The number of benzene rings is 2. The molecule has 28 heavy (non-hydrogen) atoms. The first-order valence-corrected chi connectivity index (χ1v) is 9.18. The van der Waals surface area contributed by atoms with Crippen LogP contribution < -0.4 is 5.73 Å². The molecule has 0 spiro atoms. The van der Waals surface area contributed by atoms with Crippen molar-refractivity contribution in [2.24, 2.45) is 5.73 Å². The lowest BCUT2D eigenvalue weighted by Crippen LogP contribution is -2.12. The summed E-state index contributed by atoms with van der Waals surface area (Å²) >= 11 is 1.08. The summed E-state index contributed by atoms with van der Waals surface area (Å²) in [5, 5.41) is 0.229. The molecule has 2 aromatic carbocycles. The minimum absolute atomic E-state index is 0.168. The predicted octanol–water partition coefficient (Wildman–Crippen LogP) is 3.67. The molecule has 1 amide bonds. The highest BCUT2D eigenvalue weighted by Crippen LogP contribution is 2.34. The first-order chi connectivity index (χ1) is 13.4. The number of ether oxygens (including phenoxy) is 2. The number of hydrogen-bond donors (Lipinski definition) is 1. The van der Waals surface area contributed by atoms with E-state index in [1.807, 2.05) is 0 Å². The lowest BCUT2D eigenvalue weighted by Gasteiger charge is -2.07. The Hall–Kier alpha value is -3.26. The highest BCUT2D eigenvalue weighted by atomic mass is 32.1. The van der Waals surface area contributed by atoms with Crippen LogP contribution in [0.25, 0.3) is 10.1 Å². The smallest absolute Gasteiger partial charge is 0.348 e. The fraction of sp³-hybridized carbons (Fsp3) is 0.150. The van der Waals surface area contributed by atoms with E-state index in [1.54, 1.807) is 19.1 Å². The van der Waals surface area contributed by atoms with Gasteiger partial charge in [-0.25, -0.2) is 14.0 Å². The first kappa shape index (κ1) is 19.5. The summed E-state index contributed by atoms with van der Waals surface area (Å²) in [5.41, 5.74) is 5.88. The summed E-state index contributed by atoms with van der Waals surface area (Å²) < 4.78 is 25.2. The fourth-order valence-corrected chi connectivity index (χ4v) is 3.77. The SMILES string of the molecule is CCOC(=O)c1sc2cccc(F)c2c1COC(=O)c1ccc(C(N)=O)cc1.